The van der Waals surface area contributed by atoms with Crippen molar-refractivity contribution >= 4 is 0 Å². The second kappa shape index (κ2) is 3.88. The normalized spacial score (nSPS) is 21.1. The molecule has 0 amide bonds. The summed E-state index contributed by atoms with van der Waals surface area (Å²) in [6.45, 7) is 2.07. The van der Waals surface area contributed by atoms with Crippen LogP contribution in [0.2, 0.25) is 0 Å². The second-order valence-electron chi connectivity index (χ2n) is 3.62. The number of hydrogen-bond donors (Lipinski definition) is 2. The van der Waals surface area contributed by atoms with Gasteiger partial charge in [0.2, 0.25) is 0 Å². The summed E-state index contributed by atoms with van der Waals surface area (Å²) in [6.07, 6.45) is 1.14. The van der Waals surface area contributed by atoms with Crippen LogP contribution >= 0.6 is 0 Å². The molecule has 0 bridgehead atoms. The maximum atomic E-state index is 9.32. The molecule has 1 aliphatic rings. The average Bonchev–Trinajstić information content (AvgIpc) is 2.70. The molecule has 0 aliphatic carbocycles. The molecule has 0 aromatic heterocycles. The fourth-order valence-electron chi connectivity index (χ4n) is 1.96. The second-order valence-corrected chi connectivity index (χ2v) is 3.62. The largest absolute Gasteiger partial charge is 0.508 e. The van der Waals surface area contributed by atoms with E-state index in [1.165, 1.54) is 5.56 Å². The molecule has 1 unspecified atom stereocenters. The van der Waals surface area contributed by atoms with Crippen molar-refractivity contribution in [2.75, 3.05) is 20.2 Å². The van der Waals surface area contributed by atoms with Crippen molar-refractivity contribution in [3.63, 3.8) is 0 Å². The zero-order chi connectivity index (χ0) is 9.97. The molecule has 14 heavy (non-hydrogen) atoms. The van der Waals surface area contributed by atoms with E-state index in [1.807, 2.05) is 6.07 Å². The summed E-state index contributed by atoms with van der Waals surface area (Å²) in [4.78, 5) is 0. The molecular weight excluding hydrogens is 178 g/mol. The number of methoxy groups -OCH3 is 1. The lowest BCUT2D eigenvalue weighted by atomic mass is 9.97. The van der Waals surface area contributed by atoms with Gasteiger partial charge in [-0.25, -0.2) is 0 Å². The Morgan fingerprint density at radius 1 is 1.50 bits per heavy atom. The molecule has 2 N–H and O–H groups in total. The van der Waals surface area contributed by atoms with E-state index < -0.39 is 0 Å². The summed E-state index contributed by atoms with van der Waals surface area (Å²) in [5.41, 5.74) is 1.19. The molecular formula is C11H15NO2. The van der Waals surface area contributed by atoms with E-state index in [1.54, 1.807) is 19.2 Å². The third-order valence-electron chi connectivity index (χ3n) is 2.72. The number of aromatic hydroxyl groups is 1. The average molecular weight is 193 g/mol. The zero-order valence-corrected chi connectivity index (χ0v) is 8.29. The first kappa shape index (κ1) is 9.34. The van der Waals surface area contributed by atoms with Crippen molar-refractivity contribution in [2.45, 2.75) is 12.3 Å². The molecule has 1 fully saturated rings. The molecule has 1 aromatic carbocycles. The number of nitrogens with one attached hydrogen (secondary N) is 1. The highest BCUT2D eigenvalue weighted by atomic mass is 16.5. The third-order valence-corrected chi connectivity index (χ3v) is 2.72. The lowest BCUT2D eigenvalue weighted by molar-refractivity contribution is 0.399. The van der Waals surface area contributed by atoms with Crippen LogP contribution in [0.15, 0.2) is 18.2 Å². The van der Waals surface area contributed by atoms with Gasteiger partial charge in [-0.2, -0.15) is 0 Å². The smallest absolute Gasteiger partial charge is 0.126 e. The number of phenols is 1. The first-order chi connectivity index (χ1) is 6.81. The van der Waals surface area contributed by atoms with Crippen LogP contribution in [0.3, 0.4) is 0 Å². The minimum absolute atomic E-state index is 0.261. The van der Waals surface area contributed by atoms with E-state index in [2.05, 4.69) is 5.32 Å². The Morgan fingerprint density at radius 2 is 2.36 bits per heavy atom. The first-order valence-electron chi connectivity index (χ1n) is 4.89. The number of ether oxygens (including phenoxy) is 1. The van der Waals surface area contributed by atoms with Crippen LogP contribution in [-0.4, -0.2) is 25.3 Å². The predicted octanol–water partition coefficient (Wildman–Crippen LogP) is 1.48. The highest BCUT2D eigenvalue weighted by molar-refractivity contribution is 5.42. The van der Waals surface area contributed by atoms with Crippen molar-refractivity contribution < 1.29 is 9.84 Å². The predicted molar refractivity (Wildman–Crippen MR) is 54.9 cm³/mol. The Bertz CT molecular complexity index is 319. The van der Waals surface area contributed by atoms with Crippen molar-refractivity contribution in [3.8, 4) is 11.5 Å². The Morgan fingerprint density at radius 3 is 3.00 bits per heavy atom. The van der Waals surface area contributed by atoms with Crippen LogP contribution in [0, 0.1) is 0 Å². The summed E-state index contributed by atoms with van der Waals surface area (Å²) in [5, 5.41) is 12.6. The van der Waals surface area contributed by atoms with Gasteiger partial charge in [0.1, 0.15) is 11.5 Å². The van der Waals surface area contributed by atoms with E-state index in [9.17, 15) is 5.11 Å². The van der Waals surface area contributed by atoms with Crippen LogP contribution in [-0.2, 0) is 0 Å². The lowest BCUT2D eigenvalue weighted by Gasteiger charge is -2.13. The standard InChI is InChI=1S/C11H15NO2/c1-14-11-6-9(13)2-3-10(11)8-4-5-12-7-8/h2-3,6,8,12-13H,4-5,7H2,1H3. The first-order valence-corrected chi connectivity index (χ1v) is 4.89. The van der Waals surface area contributed by atoms with E-state index in [-0.39, 0.29) is 5.75 Å². The molecule has 0 spiro atoms. The maximum absolute atomic E-state index is 9.32. The summed E-state index contributed by atoms with van der Waals surface area (Å²) in [7, 11) is 1.64. The van der Waals surface area contributed by atoms with Gasteiger partial charge in [-0.05, 0) is 24.6 Å². The van der Waals surface area contributed by atoms with Crippen LogP contribution in [0.5, 0.6) is 11.5 Å². The molecule has 1 saturated heterocycles. The van der Waals surface area contributed by atoms with Crippen LogP contribution in [0.4, 0.5) is 0 Å². The number of phenolic OH excluding ortho intramolecular Hbond substituents is 1. The molecule has 76 valence electrons. The fraction of sp³-hybridized carbons (Fsp3) is 0.455. The van der Waals surface area contributed by atoms with E-state index >= 15 is 0 Å². The van der Waals surface area contributed by atoms with Gasteiger partial charge in [-0.3, -0.25) is 0 Å². The van der Waals surface area contributed by atoms with Crippen LogP contribution in [0.25, 0.3) is 0 Å². The van der Waals surface area contributed by atoms with E-state index in [4.69, 9.17) is 4.74 Å². The molecule has 1 aromatic rings. The topological polar surface area (TPSA) is 41.5 Å². The summed E-state index contributed by atoms with van der Waals surface area (Å²) >= 11 is 0. The minimum Gasteiger partial charge on any atom is -0.508 e. The lowest BCUT2D eigenvalue weighted by Crippen LogP contribution is -2.08. The van der Waals surface area contributed by atoms with Crippen molar-refractivity contribution in [1.29, 1.82) is 0 Å². The molecule has 3 heteroatoms. The Kier molecular flexibility index (Phi) is 2.59. The van der Waals surface area contributed by atoms with Crippen molar-refractivity contribution in [2.24, 2.45) is 0 Å². The maximum Gasteiger partial charge on any atom is 0.126 e. The quantitative estimate of drug-likeness (QED) is 0.747. The monoisotopic (exact) mass is 193 g/mol. The van der Waals surface area contributed by atoms with Crippen LogP contribution < -0.4 is 10.1 Å². The fourth-order valence-corrected chi connectivity index (χ4v) is 1.96. The highest BCUT2D eigenvalue weighted by Crippen LogP contribution is 2.32. The summed E-state index contributed by atoms with van der Waals surface area (Å²) < 4.78 is 5.25. The van der Waals surface area contributed by atoms with Gasteiger partial charge in [-0.15, -0.1) is 0 Å². The van der Waals surface area contributed by atoms with Gasteiger partial charge < -0.3 is 15.2 Å². The Labute approximate surface area is 83.7 Å². The SMILES string of the molecule is COc1cc(O)ccc1C1CCNC1. The Hall–Kier alpha value is -1.22. The Balaban J connectivity index is 2.31. The molecule has 0 saturated carbocycles. The van der Waals surface area contributed by atoms with Gasteiger partial charge in [0, 0.05) is 18.5 Å². The van der Waals surface area contributed by atoms with Crippen molar-refractivity contribution in [3.05, 3.63) is 23.8 Å². The van der Waals surface area contributed by atoms with E-state index in [0.717, 1.165) is 25.3 Å². The molecule has 3 nitrogen and oxygen atoms in total. The van der Waals surface area contributed by atoms with Gasteiger partial charge in [-0.1, -0.05) is 6.07 Å². The summed E-state index contributed by atoms with van der Waals surface area (Å²) in [5.74, 6) is 1.57. The number of hydrogen-bond acceptors (Lipinski definition) is 3. The zero-order valence-electron chi connectivity index (χ0n) is 8.29. The number of benzene rings is 1. The number of rotatable bonds is 2. The van der Waals surface area contributed by atoms with Crippen molar-refractivity contribution in [1.82, 2.24) is 5.32 Å². The van der Waals surface area contributed by atoms with Gasteiger partial charge >= 0.3 is 0 Å². The van der Waals surface area contributed by atoms with Gasteiger partial charge in [0.15, 0.2) is 0 Å². The minimum atomic E-state index is 0.261. The molecule has 1 aliphatic heterocycles. The van der Waals surface area contributed by atoms with Crippen LogP contribution in [0.1, 0.15) is 17.9 Å². The third kappa shape index (κ3) is 1.68. The highest BCUT2D eigenvalue weighted by Gasteiger charge is 2.20. The molecule has 1 heterocycles. The van der Waals surface area contributed by atoms with Gasteiger partial charge in [0.05, 0.1) is 7.11 Å². The molecule has 1 atom stereocenters. The molecule has 0 radical (unpaired) electrons. The molecule has 2 rings (SSSR count). The van der Waals surface area contributed by atoms with E-state index in [0.29, 0.717) is 5.92 Å². The summed E-state index contributed by atoms with van der Waals surface area (Å²) in [6, 6.07) is 5.34. The van der Waals surface area contributed by atoms with Gasteiger partial charge in [0.25, 0.3) is 0 Å².